The molecule has 1 aromatic rings. The first-order valence-corrected chi connectivity index (χ1v) is 8.35. The summed E-state index contributed by atoms with van der Waals surface area (Å²) in [5.74, 6) is 0.938. The largest absolute Gasteiger partial charge is 0.312 e. The molecule has 0 spiro atoms. The number of hydrogen-bond acceptors (Lipinski definition) is 4. The quantitative estimate of drug-likeness (QED) is 0.922. The minimum atomic E-state index is 0.667. The van der Waals surface area contributed by atoms with Crippen molar-refractivity contribution in [3.8, 4) is 0 Å². The van der Waals surface area contributed by atoms with Gasteiger partial charge in [0.05, 0.1) is 12.2 Å². The van der Waals surface area contributed by atoms with Crippen LogP contribution in [0, 0.1) is 19.8 Å². The smallest absolute Gasteiger partial charge is 0.107 e. The molecule has 1 aromatic heterocycles. The molecule has 1 N–H and O–H groups in total. The molecule has 2 fully saturated rings. The number of hydrogen-bond donors (Lipinski definition) is 1. The van der Waals surface area contributed by atoms with Gasteiger partial charge in [-0.3, -0.25) is 4.90 Å². The maximum absolute atomic E-state index is 4.71. The van der Waals surface area contributed by atoms with Gasteiger partial charge >= 0.3 is 0 Å². The first kappa shape index (κ1) is 13.5. The van der Waals surface area contributed by atoms with E-state index < -0.39 is 0 Å². The zero-order chi connectivity index (χ0) is 13.4. The third-order valence-electron chi connectivity index (χ3n) is 4.63. The van der Waals surface area contributed by atoms with Crippen molar-refractivity contribution in [1.82, 2.24) is 15.2 Å². The summed E-state index contributed by atoms with van der Waals surface area (Å²) in [5.41, 5.74) is 1.21. The monoisotopic (exact) mass is 279 g/mol. The Kier molecular flexibility index (Phi) is 3.92. The van der Waals surface area contributed by atoms with Crippen LogP contribution in [-0.4, -0.2) is 35.1 Å². The van der Waals surface area contributed by atoms with Crippen LogP contribution in [0.25, 0.3) is 0 Å². The van der Waals surface area contributed by atoms with Crippen molar-refractivity contribution in [2.75, 3.05) is 13.1 Å². The van der Waals surface area contributed by atoms with Crippen LogP contribution >= 0.6 is 11.3 Å². The zero-order valence-electron chi connectivity index (χ0n) is 12.3. The van der Waals surface area contributed by atoms with E-state index in [2.05, 4.69) is 31.0 Å². The predicted molar refractivity (Wildman–Crippen MR) is 80.6 cm³/mol. The van der Waals surface area contributed by atoms with Crippen molar-refractivity contribution in [3.63, 3.8) is 0 Å². The minimum absolute atomic E-state index is 0.667. The summed E-state index contributed by atoms with van der Waals surface area (Å²) >= 11 is 1.87. The number of aryl methyl sites for hydroxylation is 2. The molecule has 0 aromatic carbocycles. The summed E-state index contributed by atoms with van der Waals surface area (Å²) in [6.45, 7) is 10.1. The molecular weight excluding hydrogens is 254 g/mol. The highest BCUT2D eigenvalue weighted by Gasteiger charge is 2.34. The number of thiazole rings is 1. The third kappa shape index (κ3) is 3.18. The van der Waals surface area contributed by atoms with Crippen LogP contribution < -0.4 is 5.32 Å². The van der Waals surface area contributed by atoms with E-state index in [9.17, 15) is 0 Å². The maximum atomic E-state index is 4.71. The Bertz CT molecular complexity index is 419. The molecule has 0 amide bonds. The van der Waals surface area contributed by atoms with E-state index in [0.717, 1.165) is 12.5 Å². The molecule has 106 valence electrons. The van der Waals surface area contributed by atoms with Gasteiger partial charge in [-0.25, -0.2) is 4.98 Å². The lowest BCUT2D eigenvalue weighted by Crippen LogP contribution is -2.40. The Morgan fingerprint density at radius 2 is 2.11 bits per heavy atom. The molecule has 3 nitrogen and oxygen atoms in total. The SMILES string of the molecule is Cc1nc(CN2CC(C3CC3)NCCC2C)sc1C. The second-order valence-electron chi connectivity index (χ2n) is 6.21. The average molecular weight is 279 g/mol. The summed E-state index contributed by atoms with van der Waals surface area (Å²) in [5, 5.41) is 5.04. The molecule has 1 saturated carbocycles. The molecule has 2 atom stereocenters. The lowest BCUT2D eigenvalue weighted by Gasteiger charge is -2.28. The first-order chi connectivity index (χ1) is 9.13. The molecule has 3 rings (SSSR count). The standard InChI is InChI=1S/C15H25N3S/c1-10-6-7-16-14(13-4-5-13)8-18(10)9-15-17-11(2)12(3)19-15/h10,13-14,16H,4-9H2,1-3H3. The molecular formula is C15H25N3S. The van der Waals surface area contributed by atoms with Gasteiger partial charge in [0, 0.05) is 23.5 Å². The molecule has 4 heteroatoms. The Balaban J connectivity index is 1.69. The van der Waals surface area contributed by atoms with Crippen molar-refractivity contribution in [1.29, 1.82) is 0 Å². The lowest BCUT2D eigenvalue weighted by atomic mass is 10.1. The number of aromatic nitrogens is 1. The molecule has 0 bridgehead atoms. The summed E-state index contributed by atoms with van der Waals surface area (Å²) in [6, 6.07) is 1.38. The topological polar surface area (TPSA) is 28.2 Å². The van der Waals surface area contributed by atoms with Gasteiger partial charge in [-0.15, -0.1) is 11.3 Å². The molecule has 19 heavy (non-hydrogen) atoms. The fraction of sp³-hybridized carbons (Fsp3) is 0.800. The molecule has 0 radical (unpaired) electrons. The van der Waals surface area contributed by atoms with E-state index in [1.807, 2.05) is 11.3 Å². The number of nitrogens with one attached hydrogen (secondary N) is 1. The van der Waals surface area contributed by atoms with Gasteiger partial charge in [-0.2, -0.15) is 0 Å². The van der Waals surface area contributed by atoms with E-state index in [1.165, 1.54) is 47.9 Å². The van der Waals surface area contributed by atoms with Crippen LogP contribution in [-0.2, 0) is 6.54 Å². The fourth-order valence-corrected chi connectivity index (χ4v) is 3.93. The summed E-state index contributed by atoms with van der Waals surface area (Å²) in [7, 11) is 0. The third-order valence-corrected chi connectivity index (χ3v) is 5.68. The van der Waals surface area contributed by atoms with Gasteiger partial charge in [0.1, 0.15) is 5.01 Å². The van der Waals surface area contributed by atoms with Gasteiger partial charge in [0.25, 0.3) is 0 Å². The summed E-state index contributed by atoms with van der Waals surface area (Å²) in [6.07, 6.45) is 4.11. The second kappa shape index (κ2) is 5.51. The highest BCUT2D eigenvalue weighted by molar-refractivity contribution is 7.11. The molecule has 2 unspecified atom stereocenters. The lowest BCUT2D eigenvalue weighted by molar-refractivity contribution is 0.190. The Hall–Kier alpha value is -0.450. The van der Waals surface area contributed by atoms with Crippen molar-refractivity contribution in [2.45, 2.75) is 58.7 Å². The molecule has 1 aliphatic heterocycles. The summed E-state index contributed by atoms with van der Waals surface area (Å²) in [4.78, 5) is 8.72. The van der Waals surface area contributed by atoms with Crippen molar-refractivity contribution in [3.05, 3.63) is 15.6 Å². The van der Waals surface area contributed by atoms with Gasteiger partial charge in [-0.05, 0) is 52.5 Å². The molecule has 1 saturated heterocycles. The Morgan fingerprint density at radius 3 is 2.74 bits per heavy atom. The minimum Gasteiger partial charge on any atom is -0.312 e. The van der Waals surface area contributed by atoms with Crippen LogP contribution in [0.5, 0.6) is 0 Å². The van der Waals surface area contributed by atoms with Crippen molar-refractivity contribution < 1.29 is 0 Å². The molecule has 2 heterocycles. The molecule has 2 aliphatic rings. The van der Waals surface area contributed by atoms with Crippen molar-refractivity contribution in [2.24, 2.45) is 5.92 Å². The van der Waals surface area contributed by atoms with Crippen molar-refractivity contribution >= 4 is 11.3 Å². The van der Waals surface area contributed by atoms with Crippen LogP contribution in [0.15, 0.2) is 0 Å². The highest BCUT2D eigenvalue weighted by atomic mass is 32.1. The van der Waals surface area contributed by atoms with Gasteiger partial charge in [-0.1, -0.05) is 0 Å². The predicted octanol–water partition coefficient (Wildman–Crippen LogP) is 2.72. The summed E-state index contributed by atoms with van der Waals surface area (Å²) < 4.78 is 0. The molecule has 1 aliphatic carbocycles. The van der Waals surface area contributed by atoms with Crippen LogP contribution in [0.1, 0.15) is 41.8 Å². The average Bonchev–Trinajstić information content (AvgIpc) is 3.15. The Morgan fingerprint density at radius 1 is 1.32 bits per heavy atom. The van der Waals surface area contributed by atoms with Gasteiger partial charge in [0.2, 0.25) is 0 Å². The van der Waals surface area contributed by atoms with E-state index in [-0.39, 0.29) is 0 Å². The van der Waals surface area contributed by atoms with E-state index >= 15 is 0 Å². The normalized spacial score (nSPS) is 29.4. The van der Waals surface area contributed by atoms with E-state index in [1.54, 1.807) is 0 Å². The fourth-order valence-electron chi connectivity index (χ4n) is 2.97. The highest BCUT2D eigenvalue weighted by Crippen LogP contribution is 2.34. The number of rotatable bonds is 3. The van der Waals surface area contributed by atoms with Gasteiger partial charge in [0.15, 0.2) is 0 Å². The van der Waals surface area contributed by atoms with Crippen LogP contribution in [0.3, 0.4) is 0 Å². The van der Waals surface area contributed by atoms with Gasteiger partial charge < -0.3 is 5.32 Å². The zero-order valence-corrected chi connectivity index (χ0v) is 13.1. The van der Waals surface area contributed by atoms with E-state index in [4.69, 9.17) is 4.98 Å². The second-order valence-corrected chi connectivity index (χ2v) is 7.50. The van der Waals surface area contributed by atoms with E-state index in [0.29, 0.717) is 12.1 Å². The van der Waals surface area contributed by atoms with Crippen LogP contribution in [0.2, 0.25) is 0 Å². The Labute approximate surface area is 120 Å². The maximum Gasteiger partial charge on any atom is 0.107 e. The number of nitrogens with zero attached hydrogens (tertiary/aromatic N) is 2. The van der Waals surface area contributed by atoms with Crippen LogP contribution in [0.4, 0.5) is 0 Å². The first-order valence-electron chi connectivity index (χ1n) is 7.54.